The highest BCUT2D eigenvalue weighted by Gasteiger charge is 2.42. The van der Waals surface area contributed by atoms with Crippen LogP contribution in [0.3, 0.4) is 0 Å². The monoisotopic (exact) mass is 239 g/mol. The number of rotatable bonds is 3. The summed E-state index contributed by atoms with van der Waals surface area (Å²) in [5.41, 5.74) is -0.242. The van der Waals surface area contributed by atoms with Crippen LogP contribution in [0.4, 0.5) is 0 Å². The predicted molar refractivity (Wildman–Crippen MR) is 69.0 cm³/mol. The topological polar surface area (TPSA) is 35.6 Å². The number of likely N-dealkylation sites (N-methyl/N-ethyl adjacent to an activating group) is 1. The minimum absolute atomic E-state index is 0.242. The van der Waals surface area contributed by atoms with Crippen molar-refractivity contribution in [3.63, 3.8) is 0 Å². The first-order chi connectivity index (χ1) is 8.22. The maximum Gasteiger partial charge on any atom is 0.242 e. The number of hydrogen-bond donors (Lipinski definition) is 1. The number of piperazine rings is 1. The van der Waals surface area contributed by atoms with Crippen LogP contribution in [0, 0.1) is 0 Å². The van der Waals surface area contributed by atoms with Gasteiger partial charge in [-0.25, -0.2) is 0 Å². The Balaban J connectivity index is 1.96. The summed E-state index contributed by atoms with van der Waals surface area (Å²) >= 11 is 0. The van der Waals surface area contributed by atoms with Crippen molar-refractivity contribution in [2.24, 2.45) is 0 Å². The second-order valence-electron chi connectivity index (χ2n) is 5.19. The predicted octanol–water partition coefficient (Wildman–Crippen LogP) is 0.683. The average molecular weight is 239 g/mol. The van der Waals surface area contributed by atoms with Crippen LogP contribution in [0.15, 0.2) is 0 Å². The number of carbonyl (C=O) groups is 1. The van der Waals surface area contributed by atoms with Gasteiger partial charge in [0.05, 0.1) is 5.54 Å². The van der Waals surface area contributed by atoms with E-state index in [2.05, 4.69) is 29.0 Å². The van der Waals surface area contributed by atoms with Gasteiger partial charge in [-0.3, -0.25) is 4.79 Å². The van der Waals surface area contributed by atoms with E-state index < -0.39 is 0 Å². The third kappa shape index (κ3) is 2.47. The Bertz CT molecular complexity index is 266. The summed E-state index contributed by atoms with van der Waals surface area (Å²) < 4.78 is 0. The van der Waals surface area contributed by atoms with Crippen molar-refractivity contribution in [2.45, 2.75) is 38.6 Å². The summed E-state index contributed by atoms with van der Waals surface area (Å²) in [5.74, 6) is 0.341. The highest BCUT2D eigenvalue weighted by atomic mass is 16.2. The van der Waals surface area contributed by atoms with Crippen molar-refractivity contribution in [3.8, 4) is 0 Å². The summed E-state index contributed by atoms with van der Waals surface area (Å²) in [5, 5.41) is 3.44. The van der Waals surface area contributed by atoms with Crippen LogP contribution in [0.5, 0.6) is 0 Å². The molecule has 2 aliphatic rings. The molecule has 0 radical (unpaired) electrons. The van der Waals surface area contributed by atoms with Crippen molar-refractivity contribution in [2.75, 3.05) is 39.3 Å². The molecule has 0 aromatic heterocycles. The second kappa shape index (κ2) is 5.36. The fraction of sp³-hybridized carbons (Fsp3) is 0.923. The van der Waals surface area contributed by atoms with Crippen LogP contribution in [0.25, 0.3) is 0 Å². The van der Waals surface area contributed by atoms with Gasteiger partial charge >= 0.3 is 0 Å². The van der Waals surface area contributed by atoms with E-state index in [1.165, 1.54) is 0 Å². The second-order valence-corrected chi connectivity index (χ2v) is 5.19. The molecule has 0 bridgehead atoms. The molecule has 0 saturated carbocycles. The SMILES string of the molecule is CCN1CCN(C(=O)C2(CC)CCCN2)CC1. The Morgan fingerprint density at radius 1 is 1.24 bits per heavy atom. The molecule has 2 rings (SSSR count). The first-order valence-electron chi connectivity index (χ1n) is 6.98. The highest BCUT2D eigenvalue weighted by molar-refractivity contribution is 5.86. The Hall–Kier alpha value is -0.610. The molecular formula is C13H25N3O. The number of hydrogen-bond acceptors (Lipinski definition) is 3. The van der Waals surface area contributed by atoms with Crippen molar-refractivity contribution in [1.29, 1.82) is 0 Å². The maximum atomic E-state index is 12.6. The van der Waals surface area contributed by atoms with Gasteiger partial charge in [0.15, 0.2) is 0 Å². The Labute approximate surface area is 104 Å². The lowest BCUT2D eigenvalue weighted by Gasteiger charge is -2.39. The minimum Gasteiger partial charge on any atom is -0.339 e. The van der Waals surface area contributed by atoms with Crippen molar-refractivity contribution >= 4 is 5.91 Å². The van der Waals surface area contributed by atoms with E-state index in [1.54, 1.807) is 0 Å². The molecule has 0 spiro atoms. The van der Waals surface area contributed by atoms with Crippen LogP contribution >= 0.6 is 0 Å². The molecule has 2 saturated heterocycles. The summed E-state index contributed by atoms with van der Waals surface area (Å²) in [6.45, 7) is 10.3. The van der Waals surface area contributed by atoms with Gasteiger partial charge in [0, 0.05) is 26.2 Å². The lowest BCUT2D eigenvalue weighted by molar-refractivity contribution is -0.139. The van der Waals surface area contributed by atoms with E-state index in [9.17, 15) is 4.79 Å². The van der Waals surface area contributed by atoms with Crippen LogP contribution in [0.1, 0.15) is 33.1 Å². The molecule has 0 aliphatic carbocycles. The Kier molecular flexibility index (Phi) is 4.05. The van der Waals surface area contributed by atoms with Gasteiger partial charge in [-0.05, 0) is 32.4 Å². The van der Waals surface area contributed by atoms with Gasteiger partial charge in [-0.2, -0.15) is 0 Å². The van der Waals surface area contributed by atoms with E-state index >= 15 is 0 Å². The Morgan fingerprint density at radius 2 is 1.94 bits per heavy atom. The van der Waals surface area contributed by atoms with Crippen molar-refractivity contribution < 1.29 is 4.79 Å². The van der Waals surface area contributed by atoms with Gasteiger partial charge in [-0.1, -0.05) is 13.8 Å². The van der Waals surface area contributed by atoms with E-state index in [1.807, 2.05) is 0 Å². The van der Waals surface area contributed by atoms with E-state index in [0.29, 0.717) is 5.91 Å². The first kappa shape index (κ1) is 12.8. The molecule has 4 heteroatoms. The third-order valence-electron chi connectivity index (χ3n) is 4.36. The largest absolute Gasteiger partial charge is 0.339 e. The molecule has 2 aliphatic heterocycles. The normalized spacial score (nSPS) is 30.8. The molecule has 4 nitrogen and oxygen atoms in total. The lowest BCUT2D eigenvalue weighted by atomic mass is 9.92. The molecule has 1 atom stereocenters. The summed E-state index contributed by atoms with van der Waals surface area (Å²) in [6.07, 6.45) is 3.06. The summed E-state index contributed by atoms with van der Waals surface area (Å²) in [6, 6.07) is 0. The zero-order valence-electron chi connectivity index (χ0n) is 11.2. The van der Waals surface area contributed by atoms with Crippen LogP contribution in [-0.2, 0) is 4.79 Å². The standard InChI is InChI=1S/C13H25N3O/c1-3-13(6-5-7-14-13)12(17)16-10-8-15(4-2)9-11-16/h14H,3-11H2,1-2H3. The van der Waals surface area contributed by atoms with Crippen LogP contribution in [-0.4, -0.2) is 60.5 Å². The lowest BCUT2D eigenvalue weighted by Crippen LogP contribution is -2.58. The number of amides is 1. The van der Waals surface area contributed by atoms with E-state index in [4.69, 9.17) is 0 Å². The van der Waals surface area contributed by atoms with Crippen LogP contribution in [0.2, 0.25) is 0 Å². The van der Waals surface area contributed by atoms with Crippen molar-refractivity contribution in [1.82, 2.24) is 15.1 Å². The third-order valence-corrected chi connectivity index (χ3v) is 4.36. The molecule has 98 valence electrons. The molecule has 17 heavy (non-hydrogen) atoms. The van der Waals surface area contributed by atoms with Crippen molar-refractivity contribution in [3.05, 3.63) is 0 Å². The molecule has 2 heterocycles. The highest BCUT2D eigenvalue weighted by Crippen LogP contribution is 2.25. The van der Waals surface area contributed by atoms with Gasteiger partial charge in [0.1, 0.15) is 0 Å². The van der Waals surface area contributed by atoms with Gasteiger partial charge < -0.3 is 15.1 Å². The minimum atomic E-state index is -0.242. The number of nitrogens with zero attached hydrogens (tertiary/aromatic N) is 2. The van der Waals surface area contributed by atoms with Crippen LogP contribution < -0.4 is 5.32 Å². The number of carbonyl (C=O) groups excluding carboxylic acids is 1. The molecule has 1 unspecified atom stereocenters. The van der Waals surface area contributed by atoms with E-state index in [-0.39, 0.29) is 5.54 Å². The zero-order chi connectivity index (χ0) is 12.3. The molecular weight excluding hydrogens is 214 g/mol. The molecule has 0 aromatic rings. The van der Waals surface area contributed by atoms with Gasteiger partial charge in [0.2, 0.25) is 5.91 Å². The van der Waals surface area contributed by atoms with Gasteiger partial charge in [0.25, 0.3) is 0 Å². The van der Waals surface area contributed by atoms with Gasteiger partial charge in [-0.15, -0.1) is 0 Å². The number of nitrogens with one attached hydrogen (secondary N) is 1. The quantitative estimate of drug-likeness (QED) is 0.787. The molecule has 1 amide bonds. The summed E-state index contributed by atoms with van der Waals surface area (Å²) in [7, 11) is 0. The fourth-order valence-electron chi connectivity index (χ4n) is 3.01. The fourth-order valence-corrected chi connectivity index (χ4v) is 3.01. The Morgan fingerprint density at radius 3 is 2.41 bits per heavy atom. The van der Waals surface area contributed by atoms with E-state index in [0.717, 1.165) is 58.5 Å². The summed E-state index contributed by atoms with van der Waals surface area (Å²) in [4.78, 5) is 17.1. The zero-order valence-corrected chi connectivity index (χ0v) is 11.2. The maximum absolute atomic E-state index is 12.6. The first-order valence-corrected chi connectivity index (χ1v) is 6.98. The smallest absolute Gasteiger partial charge is 0.242 e. The average Bonchev–Trinajstić information content (AvgIpc) is 2.88. The molecule has 2 fully saturated rings. The molecule has 0 aromatic carbocycles. The molecule has 1 N–H and O–H groups in total.